The van der Waals surface area contributed by atoms with E-state index in [-0.39, 0.29) is 35.3 Å². The molecule has 0 aromatic heterocycles. The first-order valence-electron chi connectivity index (χ1n) is 10.7. The maximum atomic E-state index is 14.7. The number of anilines is 3. The van der Waals surface area contributed by atoms with Crippen molar-refractivity contribution >= 4 is 41.3 Å². The lowest BCUT2D eigenvalue weighted by molar-refractivity contribution is -0.117. The van der Waals surface area contributed by atoms with Crippen LogP contribution in [0.25, 0.3) is 0 Å². The lowest BCUT2D eigenvalue weighted by Crippen LogP contribution is -2.28. The van der Waals surface area contributed by atoms with E-state index in [1.807, 2.05) is 6.07 Å². The van der Waals surface area contributed by atoms with Crippen molar-refractivity contribution in [1.29, 1.82) is 0 Å². The third-order valence-electron chi connectivity index (χ3n) is 5.53. The fourth-order valence-electron chi connectivity index (χ4n) is 3.87. The van der Waals surface area contributed by atoms with Gasteiger partial charge >= 0.3 is 0 Å². The van der Waals surface area contributed by atoms with Gasteiger partial charge in [-0.25, -0.2) is 8.78 Å². The van der Waals surface area contributed by atoms with Crippen LogP contribution in [0, 0.1) is 11.6 Å². The van der Waals surface area contributed by atoms with E-state index < -0.39 is 23.6 Å². The van der Waals surface area contributed by atoms with Gasteiger partial charge < -0.3 is 21.3 Å². The molecule has 0 aliphatic carbocycles. The molecule has 1 saturated heterocycles. The molecular weight excluding hydrogens is 462 g/mol. The molecule has 6 nitrogen and oxygen atoms in total. The molecule has 3 aromatic carbocycles. The minimum Gasteiger partial charge on any atom is -0.370 e. The predicted molar refractivity (Wildman–Crippen MR) is 131 cm³/mol. The number of carbonyl (C=O) groups is 2. The summed E-state index contributed by atoms with van der Waals surface area (Å²) < 4.78 is 29.3. The average molecular weight is 487 g/mol. The topological polar surface area (TPSA) is 87.5 Å². The highest BCUT2D eigenvalue weighted by atomic mass is 35.5. The zero-order chi connectivity index (χ0) is 23.4. The first-order valence-corrected chi connectivity index (χ1v) is 10.7. The van der Waals surface area contributed by atoms with Crippen molar-refractivity contribution in [2.24, 2.45) is 5.73 Å². The van der Waals surface area contributed by atoms with E-state index in [1.54, 1.807) is 24.3 Å². The van der Waals surface area contributed by atoms with Crippen molar-refractivity contribution in [1.82, 2.24) is 0 Å². The molecule has 0 radical (unpaired) electrons. The molecule has 1 aliphatic rings. The Morgan fingerprint density at radius 1 is 1.00 bits per heavy atom. The number of rotatable bonds is 7. The molecule has 2 amide bonds. The fourth-order valence-corrected chi connectivity index (χ4v) is 3.87. The van der Waals surface area contributed by atoms with Gasteiger partial charge in [-0.1, -0.05) is 30.3 Å². The van der Waals surface area contributed by atoms with Crippen LogP contribution in [0.15, 0.2) is 66.7 Å². The van der Waals surface area contributed by atoms with E-state index in [0.717, 1.165) is 11.6 Å². The van der Waals surface area contributed by atoms with Crippen LogP contribution in [0.3, 0.4) is 0 Å². The molecular formula is C25H25ClF2N4O2. The van der Waals surface area contributed by atoms with Crippen LogP contribution in [0.4, 0.5) is 25.8 Å². The minimum atomic E-state index is -1.08. The summed E-state index contributed by atoms with van der Waals surface area (Å²) in [6.07, 6.45) is 1.07. The van der Waals surface area contributed by atoms with Crippen LogP contribution in [-0.2, 0) is 16.1 Å². The Hall–Kier alpha value is -3.49. The van der Waals surface area contributed by atoms with E-state index in [4.69, 9.17) is 5.73 Å². The van der Waals surface area contributed by atoms with Crippen molar-refractivity contribution < 1.29 is 18.4 Å². The van der Waals surface area contributed by atoms with Gasteiger partial charge in [-0.3, -0.25) is 9.59 Å². The van der Waals surface area contributed by atoms with Crippen LogP contribution in [-0.4, -0.2) is 18.4 Å². The monoisotopic (exact) mass is 486 g/mol. The van der Waals surface area contributed by atoms with Crippen LogP contribution >= 0.6 is 12.4 Å². The zero-order valence-corrected chi connectivity index (χ0v) is 19.1. The molecule has 0 bridgehead atoms. The van der Waals surface area contributed by atoms with Crippen molar-refractivity contribution in [3.8, 4) is 0 Å². The molecule has 1 atom stereocenters. The summed E-state index contributed by atoms with van der Waals surface area (Å²) in [5.41, 5.74) is 7.67. The third-order valence-corrected chi connectivity index (χ3v) is 5.53. The number of benzene rings is 3. The summed E-state index contributed by atoms with van der Waals surface area (Å²) in [5.74, 6) is -1.86. The summed E-state index contributed by atoms with van der Waals surface area (Å²) in [6, 6.07) is 16.2. The van der Waals surface area contributed by atoms with Crippen LogP contribution in [0.2, 0.25) is 0 Å². The number of hydrogen-bond donors (Lipinski definition) is 3. The SMILES string of the molecule is Cl.NCc1cccc(NC(C(=O)Nc2ccc(N3CCCC3=O)c(F)c2)c2ccccc2F)c1. The molecule has 1 unspecified atom stereocenters. The number of nitrogens with two attached hydrogens (primary N) is 1. The number of halogens is 3. The molecule has 9 heteroatoms. The van der Waals surface area contributed by atoms with Gasteiger partial charge in [-0.05, 0) is 48.4 Å². The lowest BCUT2D eigenvalue weighted by atomic mass is 10.0. The van der Waals surface area contributed by atoms with Crippen molar-refractivity contribution in [3.05, 3.63) is 89.5 Å². The molecule has 1 aliphatic heterocycles. The molecule has 3 aromatic rings. The highest BCUT2D eigenvalue weighted by Crippen LogP contribution is 2.28. The quantitative estimate of drug-likeness (QED) is 0.449. The lowest BCUT2D eigenvalue weighted by Gasteiger charge is -2.22. The third kappa shape index (κ3) is 5.52. The zero-order valence-electron chi connectivity index (χ0n) is 18.3. The smallest absolute Gasteiger partial charge is 0.251 e. The van der Waals surface area contributed by atoms with E-state index in [0.29, 0.717) is 31.6 Å². The number of hydrogen-bond acceptors (Lipinski definition) is 4. The van der Waals surface area contributed by atoms with Gasteiger partial charge in [0.15, 0.2) is 0 Å². The largest absolute Gasteiger partial charge is 0.370 e. The van der Waals surface area contributed by atoms with Crippen molar-refractivity contribution in [3.63, 3.8) is 0 Å². The van der Waals surface area contributed by atoms with Gasteiger partial charge in [0.25, 0.3) is 5.91 Å². The number of carbonyl (C=O) groups excluding carboxylic acids is 2. The Balaban J connectivity index is 0.00000324. The molecule has 0 saturated carbocycles. The Bertz CT molecular complexity index is 1190. The van der Waals surface area contributed by atoms with Gasteiger partial charge in [-0.15, -0.1) is 12.4 Å². The summed E-state index contributed by atoms with van der Waals surface area (Å²) in [4.78, 5) is 26.5. The number of amides is 2. The Labute approximate surface area is 202 Å². The molecule has 4 rings (SSSR count). The van der Waals surface area contributed by atoms with Crippen molar-refractivity contribution in [2.45, 2.75) is 25.4 Å². The van der Waals surface area contributed by atoms with Crippen LogP contribution in [0.1, 0.15) is 30.0 Å². The molecule has 4 N–H and O–H groups in total. The second kappa shape index (κ2) is 11.1. The Morgan fingerprint density at radius 2 is 1.79 bits per heavy atom. The summed E-state index contributed by atoms with van der Waals surface area (Å²) in [5, 5.41) is 5.70. The minimum absolute atomic E-state index is 0. The van der Waals surface area contributed by atoms with E-state index in [9.17, 15) is 18.4 Å². The predicted octanol–water partition coefficient (Wildman–Crippen LogP) is 4.76. The first kappa shape index (κ1) is 25.1. The Kier molecular flexibility index (Phi) is 8.20. The van der Waals surface area contributed by atoms with Crippen molar-refractivity contribution in [2.75, 3.05) is 22.1 Å². The molecule has 1 heterocycles. The molecule has 0 spiro atoms. The van der Waals surface area contributed by atoms with E-state index >= 15 is 0 Å². The normalized spacial score (nSPS) is 13.9. The second-order valence-corrected chi connectivity index (χ2v) is 7.81. The maximum absolute atomic E-state index is 14.7. The van der Waals surface area contributed by atoms with Gasteiger partial charge in [0, 0.05) is 36.4 Å². The van der Waals surface area contributed by atoms with Crippen LogP contribution < -0.4 is 21.3 Å². The Morgan fingerprint density at radius 3 is 2.47 bits per heavy atom. The first-order chi connectivity index (χ1) is 16.0. The van der Waals surface area contributed by atoms with Crippen LogP contribution in [0.5, 0.6) is 0 Å². The summed E-state index contributed by atoms with van der Waals surface area (Å²) in [7, 11) is 0. The summed E-state index contributed by atoms with van der Waals surface area (Å²) >= 11 is 0. The highest BCUT2D eigenvalue weighted by molar-refractivity contribution is 5.98. The number of nitrogens with one attached hydrogen (secondary N) is 2. The average Bonchev–Trinajstić information content (AvgIpc) is 3.24. The van der Waals surface area contributed by atoms with E-state index in [2.05, 4.69) is 10.6 Å². The van der Waals surface area contributed by atoms with Gasteiger partial charge in [0.1, 0.15) is 17.7 Å². The maximum Gasteiger partial charge on any atom is 0.251 e. The fraction of sp³-hybridized carbons (Fsp3) is 0.200. The van der Waals surface area contributed by atoms with Gasteiger partial charge in [-0.2, -0.15) is 0 Å². The van der Waals surface area contributed by atoms with Gasteiger partial charge in [0.2, 0.25) is 5.91 Å². The molecule has 1 fully saturated rings. The molecule has 178 valence electrons. The highest BCUT2D eigenvalue weighted by Gasteiger charge is 2.26. The van der Waals surface area contributed by atoms with Gasteiger partial charge in [0.05, 0.1) is 5.69 Å². The van der Waals surface area contributed by atoms with E-state index in [1.165, 1.54) is 35.2 Å². The summed E-state index contributed by atoms with van der Waals surface area (Å²) in [6.45, 7) is 0.778. The number of nitrogens with zero attached hydrogens (tertiary/aromatic N) is 1. The second-order valence-electron chi connectivity index (χ2n) is 7.81. The standard InChI is InChI=1S/C25H24F2N4O2.ClH/c26-20-8-2-1-7-19(20)24(29-17-6-3-5-16(13-17)15-28)25(33)30-18-10-11-22(21(27)14-18)31-12-4-9-23(31)32;/h1-3,5-8,10-11,13-14,24,29H,4,9,12,15,28H2,(H,30,33);1H. The molecule has 34 heavy (non-hydrogen) atoms.